The minimum absolute atomic E-state index is 0.0623. The highest BCUT2D eigenvalue weighted by Gasteiger charge is 2.30. The SMILES string of the molecule is O=C(O)C1CCN(C(=O)CSCc2cc(=O)n3ccsc3n2)C1. The summed E-state index contributed by atoms with van der Waals surface area (Å²) in [5.41, 5.74) is 0.530. The van der Waals surface area contributed by atoms with E-state index in [0.717, 1.165) is 0 Å². The second kappa shape index (κ2) is 6.71. The molecule has 0 aliphatic carbocycles. The van der Waals surface area contributed by atoms with E-state index in [2.05, 4.69) is 4.98 Å². The number of carboxylic acid groups (broad SMARTS) is 1. The maximum Gasteiger partial charge on any atom is 0.308 e. The van der Waals surface area contributed by atoms with Crippen molar-refractivity contribution in [2.24, 2.45) is 5.92 Å². The topological polar surface area (TPSA) is 92.0 Å². The summed E-state index contributed by atoms with van der Waals surface area (Å²) >= 11 is 2.78. The molecule has 0 spiro atoms. The van der Waals surface area contributed by atoms with Crippen LogP contribution < -0.4 is 5.56 Å². The van der Waals surface area contributed by atoms with E-state index in [0.29, 0.717) is 29.4 Å². The fourth-order valence-electron chi connectivity index (χ4n) is 2.48. The van der Waals surface area contributed by atoms with Crippen LogP contribution in [0.25, 0.3) is 4.96 Å². The van der Waals surface area contributed by atoms with Crippen LogP contribution in [0.1, 0.15) is 12.1 Å². The third-order valence-electron chi connectivity index (χ3n) is 3.72. The molecule has 1 amide bonds. The molecule has 0 radical (unpaired) electrons. The molecule has 122 valence electrons. The molecule has 0 saturated carbocycles. The highest BCUT2D eigenvalue weighted by molar-refractivity contribution is 7.99. The first-order chi connectivity index (χ1) is 11.0. The zero-order valence-corrected chi connectivity index (χ0v) is 13.8. The summed E-state index contributed by atoms with van der Waals surface area (Å²) in [4.78, 5) is 41.4. The summed E-state index contributed by atoms with van der Waals surface area (Å²) in [6, 6.07) is 1.48. The molecule has 1 N–H and O–H groups in total. The number of aromatic nitrogens is 2. The Morgan fingerprint density at radius 2 is 2.30 bits per heavy atom. The molecule has 0 bridgehead atoms. The third kappa shape index (κ3) is 3.56. The van der Waals surface area contributed by atoms with Crippen molar-refractivity contribution in [3.8, 4) is 0 Å². The van der Waals surface area contributed by atoms with Crippen LogP contribution in [0, 0.1) is 5.92 Å². The zero-order chi connectivity index (χ0) is 16.4. The minimum Gasteiger partial charge on any atom is -0.481 e. The molecule has 1 saturated heterocycles. The number of hydrogen-bond acceptors (Lipinski definition) is 6. The fraction of sp³-hybridized carbons (Fsp3) is 0.429. The molecular weight excluding hydrogens is 338 g/mol. The lowest BCUT2D eigenvalue weighted by Gasteiger charge is -2.15. The molecule has 7 nitrogen and oxygen atoms in total. The highest BCUT2D eigenvalue weighted by Crippen LogP contribution is 2.19. The summed E-state index contributed by atoms with van der Waals surface area (Å²) in [6.45, 7) is 0.784. The van der Waals surface area contributed by atoms with E-state index in [1.807, 2.05) is 0 Å². The summed E-state index contributed by atoms with van der Waals surface area (Å²) in [5, 5.41) is 10.8. The monoisotopic (exact) mass is 353 g/mol. The van der Waals surface area contributed by atoms with Crippen molar-refractivity contribution in [2.75, 3.05) is 18.8 Å². The molecule has 2 aromatic rings. The number of aliphatic carboxylic acids is 1. The van der Waals surface area contributed by atoms with E-state index >= 15 is 0 Å². The van der Waals surface area contributed by atoms with Crippen LogP contribution in [-0.4, -0.2) is 50.1 Å². The summed E-state index contributed by atoms with van der Waals surface area (Å²) < 4.78 is 1.49. The van der Waals surface area contributed by atoms with Gasteiger partial charge in [-0.05, 0) is 6.42 Å². The van der Waals surface area contributed by atoms with Crippen LogP contribution in [0.5, 0.6) is 0 Å². The van der Waals surface area contributed by atoms with E-state index in [1.165, 1.54) is 33.6 Å². The summed E-state index contributed by atoms with van der Waals surface area (Å²) in [5.74, 6) is -0.620. The molecule has 1 aliphatic heterocycles. The smallest absolute Gasteiger partial charge is 0.308 e. The predicted molar refractivity (Wildman–Crippen MR) is 87.8 cm³/mol. The molecule has 1 fully saturated rings. The Balaban J connectivity index is 1.53. The standard InChI is InChI=1S/C14H15N3O4S2/c18-11-5-10(15-14-17(11)3-4-23-14)7-22-8-12(19)16-2-1-9(6-16)13(20)21/h3-5,9H,1-2,6-8H2,(H,20,21). The van der Waals surface area contributed by atoms with Gasteiger partial charge in [-0.2, -0.15) is 0 Å². The molecule has 1 unspecified atom stereocenters. The lowest BCUT2D eigenvalue weighted by atomic mass is 10.1. The van der Waals surface area contributed by atoms with E-state index < -0.39 is 11.9 Å². The van der Waals surface area contributed by atoms with Gasteiger partial charge >= 0.3 is 5.97 Å². The van der Waals surface area contributed by atoms with Gasteiger partial charge in [0.2, 0.25) is 5.91 Å². The second-order valence-electron chi connectivity index (χ2n) is 5.30. The van der Waals surface area contributed by atoms with Crippen LogP contribution in [0.2, 0.25) is 0 Å². The molecule has 23 heavy (non-hydrogen) atoms. The quantitative estimate of drug-likeness (QED) is 0.859. The lowest BCUT2D eigenvalue weighted by Crippen LogP contribution is -2.31. The number of carboxylic acids is 1. The first-order valence-electron chi connectivity index (χ1n) is 7.08. The fourth-order valence-corrected chi connectivity index (χ4v) is 4.04. The molecule has 1 aliphatic rings. The van der Waals surface area contributed by atoms with E-state index in [-0.39, 0.29) is 23.8 Å². The molecule has 2 aromatic heterocycles. The van der Waals surface area contributed by atoms with Gasteiger partial charge in [0.1, 0.15) is 0 Å². The second-order valence-corrected chi connectivity index (χ2v) is 7.16. The minimum atomic E-state index is -0.845. The number of rotatable bonds is 5. The van der Waals surface area contributed by atoms with E-state index in [9.17, 15) is 14.4 Å². The van der Waals surface area contributed by atoms with Crippen molar-refractivity contribution in [2.45, 2.75) is 12.2 Å². The van der Waals surface area contributed by atoms with Crippen molar-refractivity contribution in [3.63, 3.8) is 0 Å². The van der Waals surface area contributed by atoms with Gasteiger partial charge in [0, 0.05) is 36.5 Å². The van der Waals surface area contributed by atoms with Gasteiger partial charge < -0.3 is 10.0 Å². The molecule has 1 atom stereocenters. The maximum atomic E-state index is 12.1. The van der Waals surface area contributed by atoms with Crippen LogP contribution in [0.3, 0.4) is 0 Å². The van der Waals surface area contributed by atoms with Gasteiger partial charge in [-0.3, -0.25) is 18.8 Å². The largest absolute Gasteiger partial charge is 0.481 e. The number of fused-ring (bicyclic) bond motifs is 1. The predicted octanol–water partition coefficient (Wildman–Crippen LogP) is 0.922. The molecule has 0 aromatic carbocycles. The van der Waals surface area contributed by atoms with Crippen LogP contribution in [0.15, 0.2) is 22.4 Å². The number of carbonyl (C=O) groups is 2. The average Bonchev–Trinajstić information content (AvgIpc) is 3.16. The Morgan fingerprint density at radius 3 is 3.04 bits per heavy atom. The maximum absolute atomic E-state index is 12.1. The van der Waals surface area contributed by atoms with Crippen LogP contribution in [-0.2, 0) is 15.3 Å². The average molecular weight is 353 g/mol. The van der Waals surface area contributed by atoms with Gasteiger partial charge in [-0.25, -0.2) is 4.98 Å². The number of thioether (sulfide) groups is 1. The van der Waals surface area contributed by atoms with E-state index in [1.54, 1.807) is 16.5 Å². The van der Waals surface area contributed by atoms with Gasteiger partial charge in [0.05, 0.1) is 17.4 Å². The van der Waals surface area contributed by atoms with Crippen LogP contribution in [0.4, 0.5) is 0 Å². The molecular formula is C14H15N3O4S2. The van der Waals surface area contributed by atoms with Crippen molar-refractivity contribution < 1.29 is 14.7 Å². The number of amides is 1. The van der Waals surface area contributed by atoms with Gasteiger partial charge in [-0.1, -0.05) is 0 Å². The highest BCUT2D eigenvalue weighted by atomic mass is 32.2. The van der Waals surface area contributed by atoms with Crippen molar-refractivity contribution in [3.05, 3.63) is 33.7 Å². The van der Waals surface area contributed by atoms with Gasteiger partial charge in [-0.15, -0.1) is 23.1 Å². The molecule has 3 heterocycles. The molecule has 3 rings (SSSR count). The first kappa shape index (κ1) is 16.0. The van der Waals surface area contributed by atoms with Gasteiger partial charge in [0.15, 0.2) is 4.96 Å². The Morgan fingerprint density at radius 1 is 1.48 bits per heavy atom. The van der Waals surface area contributed by atoms with Crippen molar-refractivity contribution >= 4 is 39.9 Å². The zero-order valence-electron chi connectivity index (χ0n) is 12.2. The summed E-state index contributed by atoms with van der Waals surface area (Å²) in [6.07, 6.45) is 2.20. The van der Waals surface area contributed by atoms with Crippen molar-refractivity contribution in [1.29, 1.82) is 0 Å². The Hall–Kier alpha value is -1.87. The summed E-state index contributed by atoms with van der Waals surface area (Å²) in [7, 11) is 0. The normalized spacial score (nSPS) is 17.7. The van der Waals surface area contributed by atoms with Crippen molar-refractivity contribution in [1.82, 2.24) is 14.3 Å². The van der Waals surface area contributed by atoms with Crippen LogP contribution >= 0.6 is 23.1 Å². The number of likely N-dealkylation sites (tertiary alicyclic amines) is 1. The Kier molecular flexibility index (Phi) is 4.67. The Labute approximate surface area is 139 Å². The Bertz CT molecular complexity index is 801. The first-order valence-corrected chi connectivity index (χ1v) is 9.12. The third-order valence-corrected chi connectivity index (χ3v) is 5.43. The van der Waals surface area contributed by atoms with Gasteiger partial charge in [0.25, 0.3) is 5.56 Å². The molecule has 9 heteroatoms. The van der Waals surface area contributed by atoms with E-state index in [4.69, 9.17) is 5.11 Å². The number of thiazole rings is 1. The lowest BCUT2D eigenvalue weighted by molar-refractivity contribution is -0.141. The number of hydrogen-bond donors (Lipinski definition) is 1. The number of nitrogens with zero attached hydrogens (tertiary/aromatic N) is 3. The number of carbonyl (C=O) groups excluding carboxylic acids is 1.